The first-order valence-corrected chi connectivity index (χ1v) is 7.96. The van der Waals surface area contributed by atoms with Crippen LogP contribution in [-0.4, -0.2) is 21.5 Å². The van der Waals surface area contributed by atoms with Crippen molar-refractivity contribution in [1.82, 2.24) is 14.8 Å². The van der Waals surface area contributed by atoms with Gasteiger partial charge < -0.3 is 9.64 Å². The number of hydrogen-bond donors (Lipinski definition) is 0. The van der Waals surface area contributed by atoms with E-state index in [2.05, 4.69) is 31.8 Å². The van der Waals surface area contributed by atoms with Crippen LogP contribution in [0.2, 0.25) is 0 Å². The quantitative estimate of drug-likeness (QED) is 0.691. The van der Waals surface area contributed by atoms with Crippen LogP contribution in [0.15, 0.2) is 42.7 Å². The van der Waals surface area contributed by atoms with E-state index in [0.717, 1.165) is 47.9 Å². The number of aromatic nitrogens is 3. The van der Waals surface area contributed by atoms with Crippen molar-refractivity contribution in [2.75, 3.05) is 11.6 Å². The molecular weight excluding hydrogens is 307 g/mol. The standard InChI is InChI=1S/C18H15FN4O/c19-14-2-4-15(5-3-14)22-9-13-7-16-12(8-17(13)24-11-22)1-6-18-21-20-10-23(16)18/h2-5,7-8,10H,1,6,9,11H2. The van der Waals surface area contributed by atoms with E-state index >= 15 is 0 Å². The molecule has 0 amide bonds. The maximum absolute atomic E-state index is 13.1. The second-order valence-electron chi connectivity index (χ2n) is 6.15. The number of rotatable bonds is 1. The van der Waals surface area contributed by atoms with Crippen molar-refractivity contribution in [3.63, 3.8) is 0 Å². The predicted octanol–water partition coefficient (Wildman–Crippen LogP) is 2.86. The van der Waals surface area contributed by atoms with Crippen molar-refractivity contribution in [2.45, 2.75) is 19.4 Å². The van der Waals surface area contributed by atoms with Crippen LogP contribution in [0.4, 0.5) is 10.1 Å². The minimum Gasteiger partial charge on any atom is -0.473 e. The first-order chi connectivity index (χ1) is 11.8. The Morgan fingerprint density at radius 2 is 1.92 bits per heavy atom. The third-order valence-electron chi connectivity index (χ3n) is 4.69. The summed E-state index contributed by atoms with van der Waals surface area (Å²) < 4.78 is 21.1. The number of anilines is 1. The highest BCUT2D eigenvalue weighted by molar-refractivity contribution is 5.56. The average Bonchev–Trinajstić information content (AvgIpc) is 3.09. The Labute approximate surface area is 138 Å². The fraction of sp³-hybridized carbons (Fsp3) is 0.222. The van der Waals surface area contributed by atoms with Crippen LogP contribution in [-0.2, 0) is 19.4 Å². The van der Waals surface area contributed by atoms with Gasteiger partial charge in [0, 0.05) is 24.2 Å². The summed E-state index contributed by atoms with van der Waals surface area (Å²) in [5, 5.41) is 8.20. The molecule has 0 spiro atoms. The van der Waals surface area contributed by atoms with E-state index in [1.165, 1.54) is 17.7 Å². The largest absolute Gasteiger partial charge is 0.473 e. The third-order valence-corrected chi connectivity index (χ3v) is 4.69. The summed E-state index contributed by atoms with van der Waals surface area (Å²) in [6.07, 6.45) is 3.61. The summed E-state index contributed by atoms with van der Waals surface area (Å²) in [6, 6.07) is 10.8. The van der Waals surface area contributed by atoms with Crippen molar-refractivity contribution in [1.29, 1.82) is 0 Å². The number of aryl methyl sites for hydroxylation is 2. The summed E-state index contributed by atoms with van der Waals surface area (Å²) in [5.74, 6) is 1.70. The van der Waals surface area contributed by atoms with Crippen LogP contribution < -0.4 is 9.64 Å². The van der Waals surface area contributed by atoms with E-state index in [0.29, 0.717) is 6.73 Å². The molecule has 0 saturated carbocycles. The van der Waals surface area contributed by atoms with Crippen LogP contribution in [0, 0.1) is 5.82 Å². The lowest BCUT2D eigenvalue weighted by molar-refractivity contribution is 0.289. The topological polar surface area (TPSA) is 43.2 Å². The van der Waals surface area contributed by atoms with Gasteiger partial charge in [0.15, 0.2) is 6.73 Å². The molecule has 5 rings (SSSR count). The highest BCUT2D eigenvalue weighted by Crippen LogP contribution is 2.34. The summed E-state index contributed by atoms with van der Waals surface area (Å²) in [7, 11) is 0. The second-order valence-corrected chi connectivity index (χ2v) is 6.15. The summed E-state index contributed by atoms with van der Waals surface area (Å²) in [5.41, 5.74) is 4.46. The van der Waals surface area contributed by atoms with Crippen LogP contribution in [0.3, 0.4) is 0 Å². The van der Waals surface area contributed by atoms with Crippen molar-refractivity contribution < 1.29 is 9.13 Å². The Bertz CT molecular complexity index is 919. The van der Waals surface area contributed by atoms with E-state index < -0.39 is 0 Å². The normalized spacial score (nSPS) is 15.3. The molecule has 3 heterocycles. The number of nitrogens with zero attached hydrogens (tertiary/aromatic N) is 4. The molecule has 0 fully saturated rings. The van der Waals surface area contributed by atoms with Gasteiger partial charge in [-0.1, -0.05) is 0 Å². The van der Waals surface area contributed by atoms with Crippen LogP contribution in [0.5, 0.6) is 5.75 Å². The zero-order valence-electron chi connectivity index (χ0n) is 12.9. The first kappa shape index (κ1) is 13.5. The van der Waals surface area contributed by atoms with E-state index in [9.17, 15) is 4.39 Å². The van der Waals surface area contributed by atoms with Crippen molar-refractivity contribution in [3.05, 3.63) is 65.5 Å². The van der Waals surface area contributed by atoms with Gasteiger partial charge >= 0.3 is 0 Å². The Hall–Kier alpha value is -2.89. The van der Waals surface area contributed by atoms with Crippen LogP contribution >= 0.6 is 0 Å². The SMILES string of the molecule is Fc1ccc(N2COc3cc4c(cc3C2)-n2cnnc2CC4)cc1. The summed E-state index contributed by atoms with van der Waals surface area (Å²) in [6.45, 7) is 1.20. The number of hydrogen-bond acceptors (Lipinski definition) is 4. The van der Waals surface area contributed by atoms with Crippen LogP contribution in [0.1, 0.15) is 17.0 Å². The molecule has 0 unspecified atom stereocenters. The second kappa shape index (κ2) is 5.06. The molecule has 24 heavy (non-hydrogen) atoms. The maximum Gasteiger partial charge on any atom is 0.161 e. The molecule has 6 heteroatoms. The number of benzene rings is 2. The zero-order valence-corrected chi connectivity index (χ0v) is 12.9. The van der Waals surface area contributed by atoms with Gasteiger partial charge in [0.25, 0.3) is 0 Å². The van der Waals surface area contributed by atoms with Crippen molar-refractivity contribution in [3.8, 4) is 11.4 Å². The van der Waals surface area contributed by atoms with Gasteiger partial charge in [-0.3, -0.25) is 4.57 Å². The Morgan fingerprint density at radius 1 is 1.04 bits per heavy atom. The molecule has 1 aromatic heterocycles. The fourth-order valence-electron chi connectivity index (χ4n) is 3.43. The molecule has 0 radical (unpaired) electrons. The average molecular weight is 322 g/mol. The van der Waals surface area contributed by atoms with Gasteiger partial charge in [-0.2, -0.15) is 0 Å². The Kier molecular flexibility index (Phi) is 2.85. The minimum atomic E-state index is -0.230. The lowest BCUT2D eigenvalue weighted by Gasteiger charge is -2.32. The van der Waals surface area contributed by atoms with E-state index in [1.807, 2.05) is 0 Å². The molecule has 0 bridgehead atoms. The number of fused-ring (bicyclic) bond motifs is 4. The van der Waals surface area contributed by atoms with Gasteiger partial charge in [0.05, 0.1) is 5.69 Å². The highest BCUT2D eigenvalue weighted by atomic mass is 19.1. The summed E-state index contributed by atoms with van der Waals surface area (Å²) >= 11 is 0. The monoisotopic (exact) mass is 322 g/mol. The molecule has 0 N–H and O–H groups in total. The Morgan fingerprint density at radius 3 is 2.79 bits per heavy atom. The zero-order chi connectivity index (χ0) is 16.1. The van der Waals surface area contributed by atoms with Gasteiger partial charge in [-0.25, -0.2) is 4.39 Å². The molecule has 2 aliphatic rings. The fourth-order valence-corrected chi connectivity index (χ4v) is 3.43. The molecule has 0 atom stereocenters. The number of ether oxygens (including phenoxy) is 1. The van der Waals surface area contributed by atoms with E-state index in [4.69, 9.17) is 4.74 Å². The molecule has 2 aromatic carbocycles. The molecule has 0 saturated heterocycles. The smallest absolute Gasteiger partial charge is 0.161 e. The van der Waals surface area contributed by atoms with E-state index in [1.54, 1.807) is 18.5 Å². The van der Waals surface area contributed by atoms with Gasteiger partial charge in [0.2, 0.25) is 0 Å². The molecule has 0 aliphatic carbocycles. The van der Waals surface area contributed by atoms with Gasteiger partial charge in [0.1, 0.15) is 23.7 Å². The lowest BCUT2D eigenvalue weighted by atomic mass is 9.99. The van der Waals surface area contributed by atoms with Crippen molar-refractivity contribution in [2.24, 2.45) is 0 Å². The molecular formula is C18H15FN4O. The lowest BCUT2D eigenvalue weighted by Crippen LogP contribution is -2.32. The molecule has 2 aliphatic heterocycles. The van der Waals surface area contributed by atoms with E-state index in [-0.39, 0.29) is 5.82 Å². The number of halogens is 1. The first-order valence-electron chi connectivity index (χ1n) is 7.96. The van der Waals surface area contributed by atoms with Gasteiger partial charge in [-0.05, 0) is 48.4 Å². The summed E-state index contributed by atoms with van der Waals surface area (Å²) in [4.78, 5) is 2.09. The molecule has 120 valence electrons. The maximum atomic E-state index is 13.1. The predicted molar refractivity (Wildman–Crippen MR) is 86.8 cm³/mol. The van der Waals surface area contributed by atoms with Gasteiger partial charge in [-0.15, -0.1) is 10.2 Å². The Balaban J connectivity index is 1.53. The van der Waals surface area contributed by atoms with Crippen LogP contribution in [0.25, 0.3) is 5.69 Å². The molecule has 5 nitrogen and oxygen atoms in total. The van der Waals surface area contributed by atoms with Crippen molar-refractivity contribution >= 4 is 5.69 Å². The minimum absolute atomic E-state index is 0.230. The molecule has 3 aromatic rings. The highest BCUT2D eigenvalue weighted by Gasteiger charge is 2.23. The third kappa shape index (κ3) is 2.06.